The number of aromatic nitrogens is 1. The van der Waals surface area contributed by atoms with E-state index >= 15 is 0 Å². The van der Waals surface area contributed by atoms with E-state index in [1.165, 1.54) is 0 Å². The van der Waals surface area contributed by atoms with E-state index in [4.69, 9.17) is 10.5 Å². The second-order valence-electron chi connectivity index (χ2n) is 5.24. The van der Waals surface area contributed by atoms with Gasteiger partial charge in [0.05, 0.1) is 17.8 Å². The predicted octanol–water partition coefficient (Wildman–Crippen LogP) is 1.33. The Labute approximate surface area is 109 Å². The van der Waals surface area contributed by atoms with Crippen molar-refractivity contribution >= 4 is 0 Å². The highest BCUT2D eigenvalue weighted by atomic mass is 16.5. The van der Waals surface area contributed by atoms with Crippen LogP contribution in [0.2, 0.25) is 0 Å². The summed E-state index contributed by atoms with van der Waals surface area (Å²) >= 11 is 0. The molecule has 1 aromatic rings. The lowest BCUT2D eigenvalue weighted by Gasteiger charge is -2.30. The summed E-state index contributed by atoms with van der Waals surface area (Å²) < 4.78 is 5.41. The standard InChI is InChI=1S/C14H23N3O/c1-3-17(10-14(15)7-8-18-11-14)9-13-6-4-5-12(2)16-13/h4-6H,3,7-11,15H2,1-2H3. The molecule has 0 amide bonds. The summed E-state index contributed by atoms with van der Waals surface area (Å²) in [5.41, 5.74) is 8.33. The Morgan fingerprint density at radius 1 is 1.50 bits per heavy atom. The SMILES string of the molecule is CCN(Cc1cccc(C)n1)CC1(N)CCOC1. The monoisotopic (exact) mass is 249 g/mol. The van der Waals surface area contributed by atoms with Gasteiger partial charge in [-0.15, -0.1) is 0 Å². The molecule has 0 aliphatic carbocycles. The Balaban J connectivity index is 1.97. The first-order valence-corrected chi connectivity index (χ1v) is 6.63. The largest absolute Gasteiger partial charge is 0.379 e. The molecule has 1 fully saturated rings. The topological polar surface area (TPSA) is 51.4 Å². The van der Waals surface area contributed by atoms with Crippen LogP contribution in [0.5, 0.6) is 0 Å². The Morgan fingerprint density at radius 3 is 2.94 bits per heavy atom. The zero-order chi connectivity index (χ0) is 13.0. The van der Waals surface area contributed by atoms with Crippen molar-refractivity contribution in [1.82, 2.24) is 9.88 Å². The molecule has 1 atom stereocenters. The average molecular weight is 249 g/mol. The van der Waals surface area contributed by atoms with E-state index in [9.17, 15) is 0 Å². The fourth-order valence-corrected chi connectivity index (χ4v) is 2.39. The summed E-state index contributed by atoms with van der Waals surface area (Å²) in [6.07, 6.45) is 0.949. The van der Waals surface area contributed by atoms with Crippen LogP contribution in [0, 0.1) is 6.92 Å². The second kappa shape index (κ2) is 5.78. The molecular formula is C14H23N3O. The van der Waals surface area contributed by atoms with Gasteiger partial charge in [-0.2, -0.15) is 0 Å². The van der Waals surface area contributed by atoms with Crippen LogP contribution >= 0.6 is 0 Å². The van der Waals surface area contributed by atoms with Crippen LogP contribution in [0.25, 0.3) is 0 Å². The average Bonchev–Trinajstić information content (AvgIpc) is 2.75. The number of aryl methyl sites for hydroxylation is 1. The second-order valence-corrected chi connectivity index (χ2v) is 5.24. The van der Waals surface area contributed by atoms with Crippen molar-refractivity contribution in [1.29, 1.82) is 0 Å². The van der Waals surface area contributed by atoms with Gasteiger partial charge >= 0.3 is 0 Å². The van der Waals surface area contributed by atoms with Crippen molar-refractivity contribution in [3.05, 3.63) is 29.6 Å². The number of nitrogens with zero attached hydrogens (tertiary/aromatic N) is 2. The van der Waals surface area contributed by atoms with E-state index < -0.39 is 0 Å². The van der Waals surface area contributed by atoms with Crippen molar-refractivity contribution in [2.45, 2.75) is 32.4 Å². The normalized spacial score (nSPS) is 23.8. The predicted molar refractivity (Wildman–Crippen MR) is 72.3 cm³/mol. The molecule has 18 heavy (non-hydrogen) atoms. The van der Waals surface area contributed by atoms with Gasteiger partial charge in [-0.05, 0) is 32.0 Å². The third-order valence-corrected chi connectivity index (χ3v) is 3.45. The van der Waals surface area contributed by atoms with E-state index in [2.05, 4.69) is 28.9 Å². The van der Waals surface area contributed by atoms with E-state index in [0.29, 0.717) is 6.61 Å². The molecule has 1 aliphatic heterocycles. The molecule has 0 aromatic carbocycles. The van der Waals surface area contributed by atoms with Gasteiger partial charge in [-0.1, -0.05) is 13.0 Å². The van der Waals surface area contributed by atoms with Crippen LogP contribution in [-0.2, 0) is 11.3 Å². The molecule has 4 heteroatoms. The molecule has 2 N–H and O–H groups in total. The number of hydrogen-bond acceptors (Lipinski definition) is 4. The molecule has 0 saturated carbocycles. The van der Waals surface area contributed by atoms with Crippen LogP contribution in [0.15, 0.2) is 18.2 Å². The van der Waals surface area contributed by atoms with E-state index in [1.807, 2.05) is 13.0 Å². The number of hydrogen-bond donors (Lipinski definition) is 1. The Kier molecular flexibility index (Phi) is 4.32. The zero-order valence-corrected chi connectivity index (χ0v) is 11.4. The lowest BCUT2D eigenvalue weighted by molar-refractivity contribution is 0.151. The number of rotatable bonds is 5. The van der Waals surface area contributed by atoms with Crippen molar-refractivity contribution < 1.29 is 4.74 Å². The van der Waals surface area contributed by atoms with Crippen molar-refractivity contribution in [3.8, 4) is 0 Å². The molecule has 2 rings (SSSR count). The number of likely N-dealkylation sites (N-methyl/N-ethyl adjacent to an activating group) is 1. The van der Waals surface area contributed by atoms with E-state index in [-0.39, 0.29) is 5.54 Å². The highest BCUT2D eigenvalue weighted by molar-refractivity contribution is 5.10. The minimum atomic E-state index is -0.181. The van der Waals surface area contributed by atoms with Gasteiger partial charge < -0.3 is 10.5 Å². The summed E-state index contributed by atoms with van der Waals surface area (Å²) in [4.78, 5) is 6.89. The summed E-state index contributed by atoms with van der Waals surface area (Å²) in [6, 6.07) is 6.15. The minimum Gasteiger partial charge on any atom is -0.379 e. The lowest BCUT2D eigenvalue weighted by atomic mass is 9.99. The van der Waals surface area contributed by atoms with Crippen LogP contribution < -0.4 is 5.73 Å². The zero-order valence-electron chi connectivity index (χ0n) is 11.4. The third kappa shape index (κ3) is 3.51. The van der Waals surface area contributed by atoms with Gasteiger partial charge in [-0.25, -0.2) is 0 Å². The molecule has 1 aliphatic rings. The fourth-order valence-electron chi connectivity index (χ4n) is 2.39. The van der Waals surface area contributed by atoms with Gasteiger partial charge in [0, 0.05) is 25.4 Å². The first kappa shape index (κ1) is 13.5. The Hall–Kier alpha value is -0.970. The molecule has 1 unspecified atom stereocenters. The van der Waals surface area contributed by atoms with Gasteiger partial charge in [0.15, 0.2) is 0 Å². The minimum absolute atomic E-state index is 0.181. The Morgan fingerprint density at radius 2 is 2.33 bits per heavy atom. The maximum Gasteiger partial charge on any atom is 0.0659 e. The third-order valence-electron chi connectivity index (χ3n) is 3.45. The maximum atomic E-state index is 6.33. The van der Waals surface area contributed by atoms with Crippen LogP contribution in [-0.4, -0.2) is 41.7 Å². The van der Waals surface area contributed by atoms with Crippen LogP contribution in [0.3, 0.4) is 0 Å². The van der Waals surface area contributed by atoms with Crippen LogP contribution in [0.1, 0.15) is 24.7 Å². The number of ether oxygens (including phenoxy) is 1. The van der Waals surface area contributed by atoms with E-state index in [0.717, 1.165) is 44.0 Å². The Bertz CT molecular complexity index is 388. The first-order chi connectivity index (χ1) is 8.61. The lowest BCUT2D eigenvalue weighted by Crippen LogP contribution is -2.50. The van der Waals surface area contributed by atoms with Crippen molar-refractivity contribution in [2.75, 3.05) is 26.3 Å². The van der Waals surface area contributed by atoms with E-state index in [1.54, 1.807) is 0 Å². The summed E-state index contributed by atoms with van der Waals surface area (Å²) in [5, 5.41) is 0. The summed E-state index contributed by atoms with van der Waals surface area (Å²) in [7, 11) is 0. The quantitative estimate of drug-likeness (QED) is 0.855. The maximum absolute atomic E-state index is 6.33. The molecular weight excluding hydrogens is 226 g/mol. The summed E-state index contributed by atoms with van der Waals surface area (Å²) in [6.45, 7) is 8.36. The van der Waals surface area contributed by atoms with Crippen molar-refractivity contribution in [2.24, 2.45) is 5.73 Å². The summed E-state index contributed by atoms with van der Waals surface area (Å²) in [5.74, 6) is 0. The molecule has 0 spiro atoms. The number of nitrogens with two attached hydrogens (primary N) is 1. The van der Waals surface area contributed by atoms with Gasteiger partial charge in [0.1, 0.15) is 0 Å². The highest BCUT2D eigenvalue weighted by Gasteiger charge is 2.32. The van der Waals surface area contributed by atoms with Gasteiger partial charge in [0.2, 0.25) is 0 Å². The molecule has 0 bridgehead atoms. The molecule has 1 aromatic heterocycles. The molecule has 1 saturated heterocycles. The molecule has 2 heterocycles. The first-order valence-electron chi connectivity index (χ1n) is 6.63. The molecule has 0 radical (unpaired) electrons. The molecule has 100 valence electrons. The van der Waals surface area contributed by atoms with Gasteiger partial charge in [0.25, 0.3) is 0 Å². The highest BCUT2D eigenvalue weighted by Crippen LogP contribution is 2.17. The van der Waals surface area contributed by atoms with Crippen molar-refractivity contribution in [3.63, 3.8) is 0 Å². The number of pyridine rings is 1. The molecule has 4 nitrogen and oxygen atoms in total. The fraction of sp³-hybridized carbons (Fsp3) is 0.643. The van der Waals surface area contributed by atoms with Crippen LogP contribution in [0.4, 0.5) is 0 Å². The van der Waals surface area contributed by atoms with Gasteiger partial charge in [-0.3, -0.25) is 9.88 Å². The smallest absolute Gasteiger partial charge is 0.0659 e.